The van der Waals surface area contributed by atoms with Crippen molar-refractivity contribution in [3.05, 3.63) is 60.2 Å². The van der Waals surface area contributed by atoms with Crippen LogP contribution in [0.15, 0.2) is 54.6 Å². The maximum absolute atomic E-state index is 10.7. The molecule has 0 bridgehead atoms. The molecule has 6 heteroatoms. The molecule has 3 nitrogen and oxygen atoms in total. The van der Waals surface area contributed by atoms with Gasteiger partial charge >= 0.3 is 59.1 Å². The SMILES string of the molecule is O=P([O-])([O-])Cc1cccc(-c2ccccc2)c1.[Na+].[Na+]. The second kappa shape index (κ2) is 8.78. The van der Waals surface area contributed by atoms with Crippen LogP contribution in [-0.4, -0.2) is 0 Å². The molecule has 0 amide bonds. The van der Waals surface area contributed by atoms with Crippen molar-refractivity contribution in [3.8, 4) is 11.1 Å². The van der Waals surface area contributed by atoms with Crippen molar-refractivity contribution in [3.63, 3.8) is 0 Å². The quantitative estimate of drug-likeness (QED) is 0.425. The van der Waals surface area contributed by atoms with Crippen LogP contribution in [0.2, 0.25) is 0 Å². The molecule has 0 N–H and O–H groups in total. The molecule has 0 fully saturated rings. The first-order valence-corrected chi connectivity index (χ1v) is 6.93. The van der Waals surface area contributed by atoms with Crippen LogP contribution >= 0.6 is 7.60 Å². The third kappa shape index (κ3) is 6.72. The molecule has 2 rings (SSSR count). The molecule has 0 radical (unpaired) electrons. The molecule has 0 aliphatic rings. The minimum Gasteiger partial charge on any atom is -0.810 e. The van der Waals surface area contributed by atoms with Gasteiger partial charge in [0.25, 0.3) is 0 Å². The molecule has 0 saturated carbocycles. The second-order valence-electron chi connectivity index (χ2n) is 3.84. The zero-order chi connectivity index (χ0) is 12.3. The molecule has 0 aromatic heterocycles. The van der Waals surface area contributed by atoms with Gasteiger partial charge in [-0.2, -0.15) is 0 Å². The Morgan fingerprint density at radius 1 is 0.842 bits per heavy atom. The van der Waals surface area contributed by atoms with Crippen LogP contribution in [0.1, 0.15) is 5.56 Å². The van der Waals surface area contributed by atoms with Crippen molar-refractivity contribution in [2.45, 2.75) is 6.16 Å². The standard InChI is InChI=1S/C13H13O3P.2Na/c14-17(15,16)10-11-5-4-8-13(9-11)12-6-2-1-3-7-12;;/h1-9H,10H2,(H2,14,15,16);;/q;2*+1/p-2. The van der Waals surface area contributed by atoms with Gasteiger partial charge in [0.2, 0.25) is 0 Å². The molecular weight excluding hydrogens is 281 g/mol. The fourth-order valence-corrected chi connectivity index (χ4v) is 2.35. The largest absolute Gasteiger partial charge is 1.00 e. The minimum atomic E-state index is -4.50. The average Bonchev–Trinajstić information content (AvgIpc) is 2.28. The predicted octanol–water partition coefficient (Wildman–Crippen LogP) is -4.22. The summed E-state index contributed by atoms with van der Waals surface area (Å²) < 4.78 is 10.7. The van der Waals surface area contributed by atoms with E-state index in [1.807, 2.05) is 36.4 Å². The van der Waals surface area contributed by atoms with Gasteiger partial charge in [-0.05, 0) is 16.7 Å². The molecule has 2 aromatic carbocycles. The van der Waals surface area contributed by atoms with E-state index in [1.54, 1.807) is 18.2 Å². The Morgan fingerprint density at radius 3 is 2.00 bits per heavy atom. The average molecular weight is 292 g/mol. The molecule has 0 saturated heterocycles. The van der Waals surface area contributed by atoms with Gasteiger partial charge in [0.1, 0.15) is 0 Å². The first-order chi connectivity index (χ1) is 8.04. The van der Waals surface area contributed by atoms with Crippen molar-refractivity contribution in [2.24, 2.45) is 0 Å². The molecule has 0 unspecified atom stereocenters. The Kier molecular flexibility index (Phi) is 9.06. The van der Waals surface area contributed by atoms with E-state index >= 15 is 0 Å². The zero-order valence-electron chi connectivity index (χ0n) is 11.1. The number of rotatable bonds is 3. The third-order valence-corrected chi connectivity index (χ3v) is 3.16. The Bertz CT molecular complexity index is 555. The van der Waals surface area contributed by atoms with Gasteiger partial charge in [-0.1, -0.05) is 62.2 Å². The predicted molar refractivity (Wildman–Crippen MR) is 63.2 cm³/mol. The first-order valence-electron chi connectivity index (χ1n) is 5.20. The first kappa shape index (κ1) is 19.6. The number of benzene rings is 2. The van der Waals surface area contributed by atoms with Crippen LogP contribution in [0, 0.1) is 0 Å². The number of hydrogen-bond donors (Lipinski definition) is 0. The van der Waals surface area contributed by atoms with Crippen LogP contribution in [-0.2, 0) is 10.7 Å². The van der Waals surface area contributed by atoms with Crippen molar-refractivity contribution in [1.82, 2.24) is 0 Å². The van der Waals surface area contributed by atoms with Gasteiger partial charge in [0, 0.05) is 6.16 Å². The molecule has 0 spiro atoms. The Morgan fingerprint density at radius 2 is 1.42 bits per heavy atom. The molecule has 0 aliphatic heterocycles. The smallest absolute Gasteiger partial charge is 0.810 e. The van der Waals surface area contributed by atoms with Gasteiger partial charge in [0.05, 0.1) is 0 Å². The summed E-state index contributed by atoms with van der Waals surface area (Å²) in [6.45, 7) is 0. The van der Waals surface area contributed by atoms with Gasteiger partial charge in [-0.3, -0.25) is 0 Å². The Hall–Kier alpha value is 0.590. The monoisotopic (exact) mass is 292 g/mol. The third-order valence-electron chi connectivity index (χ3n) is 2.41. The van der Waals surface area contributed by atoms with Gasteiger partial charge < -0.3 is 14.4 Å². The van der Waals surface area contributed by atoms with E-state index in [0.717, 1.165) is 11.1 Å². The van der Waals surface area contributed by atoms with E-state index in [4.69, 9.17) is 0 Å². The molecular formula is C13H11Na2O3P. The van der Waals surface area contributed by atoms with Crippen LogP contribution < -0.4 is 68.9 Å². The Labute approximate surface area is 157 Å². The number of hydrogen-bond acceptors (Lipinski definition) is 3. The van der Waals surface area contributed by atoms with E-state index in [0.29, 0.717) is 5.56 Å². The molecule has 88 valence electrons. The Balaban J connectivity index is 0.00000162. The van der Waals surface area contributed by atoms with E-state index in [9.17, 15) is 14.4 Å². The fourth-order valence-electron chi connectivity index (χ4n) is 1.70. The second-order valence-corrected chi connectivity index (χ2v) is 5.37. The molecule has 0 aliphatic carbocycles. The van der Waals surface area contributed by atoms with E-state index in [-0.39, 0.29) is 59.1 Å². The topological polar surface area (TPSA) is 63.2 Å². The molecule has 0 heterocycles. The summed E-state index contributed by atoms with van der Waals surface area (Å²) >= 11 is 0. The maximum atomic E-state index is 10.7. The summed E-state index contributed by atoms with van der Waals surface area (Å²) in [5, 5.41) is 0. The van der Waals surface area contributed by atoms with E-state index in [1.165, 1.54) is 0 Å². The van der Waals surface area contributed by atoms with E-state index < -0.39 is 13.8 Å². The van der Waals surface area contributed by atoms with Crippen molar-refractivity contribution < 1.29 is 73.5 Å². The van der Waals surface area contributed by atoms with Crippen LogP contribution in [0.3, 0.4) is 0 Å². The molecule has 2 aromatic rings. The van der Waals surface area contributed by atoms with Crippen LogP contribution in [0.5, 0.6) is 0 Å². The van der Waals surface area contributed by atoms with Crippen molar-refractivity contribution in [2.75, 3.05) is 0 Å². The van der Waals surface area contributed by atoms with Crippen molar-refractivity contribution >= 4 is 7.60 Å². The summed E-state index contributed by atoms with van der Waals surface area (Å²) in [6, 6.07) is 16.6. The summed E-state index contributed by atoms with van der Waals surface area (Å²) in [5.41, 5.74) is 2.44. The fraction of sp³-hybridized carbons (Fsp3) is 0.0769. The summed E-state index contributed by atoms with van der Waals surface area (Å²) in [5.74, 6) is 0. The summed E-state index contributed by atoms with van der Waals surface area (Å²) in [6.07, 6.45) is -0.437. The molecule has 19 heavy (non-hydrogen) atoms. The van der Waals surface area contributed by atoms with Gasteiger partial charge in [-0.15, -0.1) is 0 Å². The van der Waals surface area contributed by atoms with Gasteiger partial charge in [0.15, 0.2) is 0 Å². The van der Waals surface area contributed by atoms with E-state index in [2.05, 4.69) is 0 Å². The maximum Gasteiger partial charge on any atom is 1.00 e. The van der Waals surface area contributed by atoms with Crippen LogP contribution in [0.4, 0.5) is 0 Å². The van der Waals surface area contributed by atoms with Crippen molar-refractivity contribution in [1.29, 1.82) is 0 Å². The zero-order valence-corrected chi connectivity index (χ0v) is 16.0. The summed E-state index contributed by atoms with van der Waals surface area (Å²) in [4.78, 5) is 21.4. The van der Waals surface area contributed by atoms with Gasteiger partial charge in [-0.25, -0.2) is 0 Å². The summed E-state index contributed by atoms with van der Waals surface area (Å²) in [7, 11) is -4.50. The molecule has 0 atom stereocenters. The van der Waals surface area contributed by atoms with Crippen LogP contribution in [0.25, 0.3) is 11.1 Å². The minimum absolute atomic E-state index is 0. The normalized spacial score (nSPS) is 10.2.